The van der Waals surface area contributed by atoms with Crippen LogP contribution >= 0.6 is 11.8 Å². The maximum absolute atomic E-state index is 13.5. The van der Waals surface area contributed by atoms with Crippen LogP contribution in [-0.4, -0.2) is 32.3 Å². The van der Waals surface area contributed by atoms with Crippen molar-refractivity contribution in [2.45, 2.75) is 30.8 Å². The monoisotopic (exact) mass is 498 g/mol. The topological polar surface area (TPSA) is 94.0 Å². The number of hydrogen-bond acceptors (Lipinski definition) is 7. The van der Waals surface area contributed by atoms with Crippen LogP contribution < -0.4 is 15.4 Å². The molecule has 2 aromatic carbocycles. The molecule has 0 saturated carbocycles. The maximum atomic E-state index is 13.5. The Hall–Kier alpha value is -4.11. The molecule has 5 rings (SSSR count). The number of allylic oxidation sites excluding steroid dienone is 1. The van der Waals surface area contributed by atoms with Gasteiger partial charge in [-0.15, -0.1) is 5.10 Å². The third-order valence-electron chi connectivity index (χ3n) is 5.71. The molecule has 0 fully saturated rings. The Morgan fingerprint density at radius 2 is 1.92 bits per heavy atom. The lowest BCUT2D eigenvalue weighted by Gasteiger charge is -2.28. The summed E-state index contributed by atoms with van der Waals surface area (Å²) in [6.07, 6.45) is 3.29. The summed E-state index contributed by atoms with van der Waals surface area (Å²) in [5, 5.41) is 11.7. The van der Waals surface area contributed by atoms with Crippen molar-refractivity contribution in [1.82, 2.24) is 19.7 Å². The zero-order valence-corrected chi connectivity index (χ0v) is 20.8. The van der Waals surface area contributed by atoms with E-state index in [1.54, 1.807) is 34.9 Å². The number of thioether (sulfide) groups is 1. The molecule has 0 radical (unpaired) electrons. The number of ether oxygens (including phenoxy) is 1. The van der Waals surface area contributed by atoms with E-state index >= 15 is 0 Å². The molecule has 3 heterocycles. The number of benzene rings is 2. The van der Waals surface area contributed by atoms with Crippen LogP contribution in [0.5, 0.6) is 5.75 Å². The second-order valence-corrected chi connectivity index (χ2v) is 9.14. The van der Waals surface area contributed by atoms with E-state index in [2.05, 4.69) is 27.8 Å². The number of amides is 1. The van der Waals surface area contributed by atoms with Crippen molar-refractivity contribution < 1.29 is 9.53 Å². The second kappa shape index (κ2) is 10.7. The smallest absolute Gasteiger partial charge is 0.255 e. The number of hydrogen-bond donors (Lipinski definition) is 2. The largest absolute Gasteiger partial charge is 0.494 e. The van der Waals surface area contributed by atoms with Crippen molar-refractivity contribution >= 4 is 29.3 Å². The standard InChI is InChI=1S/C27H26N6O2S/c1-3-35-22-13-11-20(12-14-22)24-23(25(34)30-21-10-7-15-28-16-21)18(2)29-26-31-27(32-33(24)26)36-17-19-8-5-4-6-9-19/h4-16,24H,3,17H2,1-2H3,(H,30,34)(H,29,31,32). The van der Waals surface area contributed by atoms with Crippen molar-refractivity contribution in [3.8, 4) is 5.75 Å². The molecule has 9 heteroatoms. The number of aromatic nitrogens is 4. The first-order valence-corrected chi connectivity index (χ1v) is 12.7. The fourth-order valence-corrected chi connectivity index (χ4v) is 4.85. The number of carbonyl (C=O) groups is 1. The lowest BCUT2D eigenvalue weighted by atomic mass is 9.95. The summed E-state index contributed by atoms with van der Waals surface area (Å²) >= 11 is 1.56. The molecule has 1 aliphatic heterocycles. The van der Waals surface area contributed by atoms with Crippen LogP contribution in [0.3, 0.4) is 0 Å². The number of rotatable bonds is 8. The number of pyridine rings is 1. The van der Waals surface area contributed by atoms with E-state index in [-0.39, 0.29) is 5.91 Å². The molecular weight excluding hydrogens is 472 g/mol. The Balaban J connectivity index is 1.49. The van der Waals surface area contributed by atoms with Gasteiger partial charge in [0.25, 0.3) is 5.91 Å². The first kappa shape index (κ1) is 23.6. The highest BCUT2D eigenvalue weighted by Gasteiger charge is 2.34. The van der Waals surface area contributed by atoms with Gasteiger partial charge in [0.2, 0.25) is 11.1 Å². The third-order valence-corrected chi connectivity index (χ3v) is 6.62. The summed E-state index contributed by atoms with van der Waals surface area (Å²) in [4.78, 5) is 22.4. The minimum atomic E-state index is -0.466. The van der Waals surface area contributed by atoms with Gasteiger partial charge in [-0.05, 0) is 49.2 Å². The van der Waals surface area contributed by atoms with Crippen molar-refractivity contribution in [2.24, 2.45) is 0 Å². The Bertz CT molecular complexity index is 1370. The van der Waals surface area contributed by atoms with Gasteiger partial charge < -0.3 is 15.4 Å². The molecule has 4 aromatic rings. The van der Waals surface area contributed by atoms with Gasteiger partial charge in [0, 0.05) is 17.6 Å². The number of nitrogens with zero attached hydrogens (tertiary/aromatic N) is 4. The average Bonchev–Trinajstić information content (AvgIpc) is 3.31. The lowest BCUT2D eigenvalue weighted by Crippen LogP contribution is -2.31. The van der Waals surface area contributed by atoms with Gasteiger partial charge in [0.1, 0.15) is 11.8 Å². The highest BCUT2D eigenvalue weighted by atomic mass is 32.2. The quantitative estimate of drug-likeness (QED) is 0.319. The highest BCUT2D eigenvalue weighted by molar-refractivity contribution is 7.98. The maximum Gasteiger partial charge on any atom is 0.255 e. The van der Waals surface area contributed by atoms with Crippen LogP contribution in [0.4, 0.5) is 11.6 Å². The molecule has 0 saturated heterocycles. The second-order valence-electron chi connectivity index (χ2n) is 8.20. The molecule has 0 spiro atoms. The normalized spacial score (nSPS) is 14.7. The summed E-state index contributed by atoms with van der Waals surface area (Å²) in [6, 6.07) is 21.1. The van der Waals surface area contributed by atoms with Gasteiger partial charge in [0.15, 0.2) is 0 Å². The predicted molar refractivity (Wildman–Crippen MR) is 141 cm³/mol. The van der Waals surface area contributed by atoms with Gasteiger partial charge in [-0.1, -0.05) is 54.2 Å². The summed E-state index contributed by atoms with van der Waals surface area (Å²) in [5.74, 6) is 1.89. The van der Waals surface area contributed by atoms with Crippen LogP contribution in [0.1, 0.15) is 31.0 Å². The Labute approximate surface area is 213 Å². The number of anilines is 2. The molecule has 1 amide bonds. The first-order valence-electron chi connectivity index (χ1n) is 11.7. The Kier molecular flexibility index (Phi) is 6.99. The third kappa shape index (κ3) is 5.11. The number of fused-ring (bicyclic) bond motifs is 1. The van der Waals surface area contributed by atoms with E-state index in [4.69, 9.17) is 14.8 Å². The summed E-state index contributed by atoms with van der Waals surface area (Å²) in [6.45, 7) is 4.42. The predicted octanol–water partition coefficient (Wildman–Crippen LogP) is 5.29. The summed E-state index contributed by atoms with van der Waals surface area (Å²) in [5.41, 5.74) is 3.99. The van der Waals surface area contributed by atoms with Gasteiger partial charge in [-0.25, -0.2) is 4.68 Å². The minimum absolute atomic E-state index is 0.230. The van der Waals surface area contributed by atoms with Gasteiger partial charge >= 0.3 is 0 Å². The SMILES string of the molecule is CCOc1ccc(C2C(C(=O)Nc3cccnc3)=C(C)Nc3nc(SCc4ccccc4)nn32)cc1. The van der Waals surface area contributed by atoms with E-state index in [1.165, 1.54) is 5.56 Å². The molecule has 1 atom stereocenters. The fourth-order valence-electron chi connectivity index (χ4n) is 4.07. The minimum Gasteiger partial charge on any atom is -0.494 e. The van der Waals surface area contributed by atoms with Crippen molar-refractivity contribution in [3.63, 3.8) is 0 Å². The molecule has 0 aliphatic carbocycles. The molecule has 0 bridgehead atoms. The number of nitrogens with one attached hydrogen (secondary N) is 2. The molecule has 1 unspecified atom stereocenters. The zero-order chi connectivity index (χ0) is 24.9. The number of carbonyl (C=O) groups excluding carboxylic acids is 1. The molecular formula is C27H26N6O2S. The Morgan fingerprint density at radius 1 is 1.11 bits per heavy atom. The van der Waals surface area contributed by atoms with E-state index in [1.807, 2.05) is 62.4 Å². The van der Waals surface area contributed by atoms with Gasteiger partial charge in [-0.2, -0.15) is 4.98 Å². The molecule has 1 aliphatic rings. The van der Waals surface area contributed by atoms with Crippen molar-refractivity contribution in [1.29, 1.82) is 0 Å². The van der Waals surface area contributed by atoms with E-state index in [9.17, 15) is 4.79 Å². The fraction of sp³-hybridized carbons (Fsp3) is 0.185. The van der Waals surface area contributed by atoms with Crippen LogP contribution in [-0.2, 0) is 10.5 Å². The summed E-state index contributed by atoms with van der Waals surface area (Å²) < 4.78 is 7.41. The first-order chi connectivity index (χ1) is 17.6. The van der Waals surface area contributed by atoms with Crippen molar-refractivity contribution in [3.05, 3.63) is 102 Å². The van der Waals surface area contributed by atoms with E-state index < -0.39 is 6.04 Å². The molecule has 182 valence electrons. The van der Waals surface area contributed by atoms with Gasteiger partial charge in [-0.3, -0.25) is 9.78 Å². The van der Waals surface area contributed by atoms with Crippen LogP contribution in [0.25, 0.3) is 0 Å². The van der Waals surface area contributed by atoms with E-state index in [0.717, 1.165) is 22.8 Å². The van der Waals surface area contributed by atoms with Gasteiger partial charge in [0.05, 0.1) is 24.1 Å². The van der Waals surface area contributed by atoms with E-state index in [0.29, 0.717) is 29.0 Å². The summed E-state index contributed by atoms with van der Waals surface area (Å²) in [7, 11) is 0. The Morgan fingerprint density at radius 3 is 2.64 bits per heavy atom. The molecule has 2 aromatic heterocycles. The average molecular weight is 499 g/mol. The molecule has 8 nitrogen and oxygen atoms in total. The van der Waals surface area contributed by atoms with Crippen LogP contribution in [0.15, 0.2) is 95.6 Å². The lowest BCUT2D eigenvalue weighted by molar-refractivity contribution is -0.113. The molecule has 2 N–H and O–H groups in total. The van der Waals surface area contributed by atoms with Crippen LogP contribution in [0, 0.1) is 0 Å². The zero-order valence-electron chi connectivity index (χ0n) is 20.0. The molecule has 36 heavy (non-hydrogen) atoms. The van der Waals surface area contributed by atoms with Crippen LogP contribution in [0.2, 0.25) is 0 Å². The van der Waals surface area contributed by atoms with Crippen molar-refractivity contribution in [2.75, 3.05) is 17.2 Å². The highest BCUT2D eigenvalue weighted by Crippen LogP contribution is 2.37.